The van der Waals surface area contributed by atoms with Gasteiger partial charge >= 0.3 is 5.97 Å². The van der Waals surface area contributed by atoms with Gasteiger partial charge in [0, 0.05) is 30.9 Å². The molecule has 1 heterocycles. The third kappa shape index (κ3) is 8.53. The minimum absolute atomic E-state index is 0.292. The van der Waals surface area contributed by atoms with Crippen molar-refractivity contribution in [2.24, 2.45) is 0 Å². The number of carbonyl (C=O) groups is 1. The van der Waals surface area contributed by atoms with Crippen LogP contribution in [0.1, 0.15) is 81.5 Å². The number of carbonyl (C=O) groups excluding carboxylic acids is 1. The molecule has 0 bridgehead atoms. The molecule has 0 amide bonds. The van der Waals surface area contributed by atoms with E-state index in [0.29, 0.717) is 24.0 Å². The lowest BCUT2D eigenvalue weighted by Gasteiger charge is -2.11. The van der Waals surface area contributed by atoms with Crippen LogP contribution in [0.25, 0.3) is 22.9 Å². The molecular weight excluding hydrogens is 438 g/mol. The van der Waals surface area contributed by atoms with Crippen LogP contribution in [0.2, 0.25) is 0 Å². The lowest BCUT2D eigenvalue weighted by atomic mass is 10.1. The molecular formula is C29H39N3O3. The number of benzene rings is 2. The Bertz CT molecular complexity index is 1010. The fourth-order valence-electron chi connectivity index (χ4n) is 3.95. The summed E-state index contributed by atoms with van der Waals surface area (Å²) in [5, 5.41) is 8.33. The van der Waals surface area contributed by atoms with Gasteiger partial charge in [0.2, 0.25) is 11.8 Å². The molecule has 0 aliphatic rings. The molecule has 0 aliphatic heterocycles. The number of hydrogen-bond donors (Lipinski definition) is 0. The van der Waals surface area contributed by atoms with E-state index in [1.165, 1.54) is 51.4 Å². The Labute approximate surface area is 209 Å². The number of hydrogen-bond acceptors (Lipinski definition) is 6. The Kier molecular flexibility index (Phi) is 10.8. The standard InChI is InChI=1S/C29H39N3O3/c1-4-5-6-7-8-9-10-11-12-13-22-34-29(33)25-16-14-23(15-17-25)27-30-31-28(35-27)24-18-20-26(21-19-24)32(2)3/h14-21H,4-13,22H2,1-3H3. The Morgan fingerprint density at radius 1 is 0.743 bits per heavy atom. The van der Waals surface area contributed by atoms with Gasteiger partial charge in [-0.25, -0.2) is 4.79 Å². The number of ether oxygens (including phenoxy) is 1. The van der Waals surface area contributed by atoms with Crippen molar-refractivity contribution < 1.29 is 13.9 Å². The van der Waals surface area contributed by atoms with Crippen LogP contribution in [0.4, 0.5) is 5.69 Å². The summed E-state index contributed by atoms with van der Waals surface area (Å²) in [6.45, 7) is 2.72. The normalized spacial score (nSPS) is 10.9. The number of nitrogens with zero attached hydrogens (tertiary/aromatic N) is 3. The number of anilines is 1. The molecule has 0 N–H and O–H groups in total. The first-order valence-electron chi connectivity index (χ1n) is 13.0. The van der Waals surface area contributed by atoms with Gasteiger partial charge in [0.25, 0.3) is 0 Å². The third-order valence-electron chi connectivity index (χ3n) is 6.15. The Balaban J connectivity index is 1.38. The van der Waals surface area contributed by atoms with Crippen molar-refractivity contribution in [3.8, 4) is 22.9 Å². The van der Waals surface area contributed by atoms with E-state index < -0.39 is 0 Å². The molecule has 1 aromatic heterocycles. The summed E-state index contributed by atoms with van der Waals surface area (Å²) in [6, 6.07) is 15.0. The van der Waals surface area contributed by atoms with Gasteiger partial charge in [-0.1, -0.05) is 64.7 Å². The van der Waals surface area contributed by atoms with Crippen LogP contribution >= 0.6 is 0 Å². The summed E-state index contributed by atoms with van der Waals surface area (Å²) in [5.74, 6) is 0.590. The molecule has 0 saturated carbocycles. The van der Waals surface area contributed by atoms with E-state index in [4.69, 9.17) is 9.15 Å². The summed E-state index contributed by atoms with van der Waals surface area (Å²) in [4.78, 5) is 14.4. The minimum Gasteiger partial charge on any atom is -0.462 e. The zero-order valence-electron chi connectivity index (χ0n) is 21.5. The highest BCUT2D eigenvalue weighted by atomic mass is 16.5. The van der Waals surface area contributed by atoms with Gasteiger partial charge < -0.3 is 14.1 Å². The zero-order chi connectivity index (χ0) is 24.9. The van der Waals surface area contributed by atoms with Gasteiger partial charge in [0.05, 0.1) is 12.2 Å². The smallest absolute Gasteiger partial charge is 0.338 e. The first-order valence-corrected chi connectivity index (χ1v) is 13.0. The topological polar surface area (TPSA) is 68.5 Å². The van der Waals surface area contributed by atoms with Gasteiger partial charge in [-0.3, -0.25) is 0 Å². The molecule has 188 valence electrons. The van der Waals surface area contributed by atoms with Crippen molar-refractivity contribution >= 4 is 11.7 Å². The van der Waals surface area contributed by atoms with E-state index in [0.717, 1.165) is 29.7 Å². The van der Waals surface area contributed by atoms with Crippen LogP contribution in [0, 0.1) is 0 Å². The Hall–Kier alpha value is -3.15. The van der Waals surface area contributed by atoms with Crippen LogP contribution in [0.3, 0.4) is 0 Å². The second-order valence-electron chi connectivity index (χ2n) is 9.25. The highest BCUT2D eigenvalue weighted by Gasteiger charge is 2.13. The molecule has 35 heavy (non-hydrogen) atoms. The molecule has 3 rings (SSSR count). The largest absolute Gasteiger partial charge is 0.462 e. The number of aromatic nitrogens is 2. The quantitative estimate of drug-likeness (QED) is 0.166. The highest BCUT2D eigenvalue weighted by Crippen LogP contribution is 2.25. The van der Waals surface area contributed by atoms with Gasteiger partial charge in [-0.2, -0.15) is 0 Å². The maximum absolute atomic E-state index is 12.3. The lowest BCUT2D eigenvalue weighted by Crippen LogP contribution is -2.07. The van der Waals surface area contributed by atoms with E-state index in [9.17, 15) is 4.79 Å². The SMILES string of the molecule is CCCCCCCCCCCCOC(=O)c1ccc(-c2nnc(-c3ccc(N(C)C)cc3)o2)cc1. The monoisotopic (exact) mass is 477 g/mol. The maximum atomic E-state index is 12.3. The van der Waals surface area contributed by atoms with E-state index >= 15 is 0 Å². The average Bonchev–Trinajstić information content (AvgIpc) is 3.38. The van der Waals surface area contributed by atoms with Crippen molar-refractivity contribution in [1.29, 1.82) is 0 Å². The second kappa shape index (κ2) is 14.3. The fourth-order valence-corrected chi connectivity index (χ4v) is 3.95. The molecule has 0 unspecified atom stereocenters. The summed E-state index contributed by atoms with van der Waals surface area (Å²) in [5.41, 5.74) is 3.25. The first-order chi connectivity index (χ1) is 17.1. The maximum Gasteiger partial charge on any atom is 0.338 e. The molecule has 0 atom stereocenters. The second-order valence-corrected chi connectivity index (χ2v) is 9.25. The summed E-state index contributed by atoms with van der Waals surface area (Å²) < 4.78 is 11.3. The first kappa shape index (κ1) is 26.5. The van der Waals surface area contributed by atoms with Crippen LogP contribution < -0.4 is 4.90 Å². The zero-order valence-corrected chi connectivity index (χ0v) is 21.5. The lowest BCUT2D eigenvalue weighted by molar-refractivity contribution is 0.0497. The van der Waals surface area contributed by atoms with Crippen molar-refractivity contribution in [1.82, 2.24) is 10.2 Å². The van der Waals surface area contributed by atoms with Gasteiger partial charge in [0.15, 0.2) is 0 Å². The number of unbranched alkanes of at least 4 members (excludes halogenated alkanes) is 9. The summed E-state index contributed by atoms with van der Waals surface area (Å²) >= 11 is 0. The van der Waals surface area contributed by atoms with Gasteiger partial charge in [0.1, 0.15) is 0 Å². The number of esters is 1. The molecule has 0 spiro atoms. The number of rotatable bonds is 15. The van der Waals surface area contributed by atoms with Crippen LogP contribution in [-0.4, -0.2) is 36.9 Å². The van der Waals surface area contributed by atoms with Crippen LogP contribution in [0.15, 0.2) is 52.9 Å². The highest BCUT2D eigenvalue weighted by molar-refractivity contribution is 5.89. The van der Waals surface area contributed by atoms with Crippen LogP contribution in [0.5, 0.6) is 0 Å². The van der Waals surface area contributed by atoms with Crippen molar-refractivity contribution in [2.75, 3.05) is 25.6 Å². The van der Waals surface area contributed by atoms with Crippen molar-refractivity contribution in [3.63, 3.8) is 0 Å². The summed E-state index contributed by atoms with van der Waals surface area (Å²) in [7, 11) is 3.99. The minimum atomic E-state index is -0.292. The molecule has 6 heteroatoms. The van der Waals surface area contributed by atoms with Gasteiger partial charge in [-0.05, 0) is 55.0 Å². The molecule has 0 fully saturated rings. The molecule has 6 nitrogen and oxygen atoms in total. The Morgan fingerprint density at radius 2 is 1.23 bits per heavy atom. The molecule has 0 saturated heterocycles. The third-order valence-corrected chi connectivity index (χ3v) is 6.15. The van der Waals surface area contributed by atoms with E-state index in [2.05, 4.69) is 17.1 Å². The molecule has 0 aliphatic carbocycles. The summed E-state index contributed by atoms with van der Waals surface area (Å²) in [6.07, 6.45) is 12.6. The van der Waals surface area contributed by atoms with E-state index in [1.54, 1.807) is 12.1 Å². The van der Waals surface area contributed by atoms with E-state index in [-0.39, 0.29) is 5.97 Å². The van der Waals surface area contributed by atoms with E-state index in [1.807, 2.05) is 55.4 Å². The fraction of sp³-hybridized carbons (Fsp3) is 0.483. The van der Waals surface area contributed by atoms with Crippen molar-refractivity contribution in [3.05, 3.63) is 54.1 Å². The molecule has 2 aromatic carbocycles. The predicted molar refractivity (Wildman–Crippen MR) is 142 cm³/mol. The average molecular weight is 478 g/mol. The van der Waals surface area contributed by atoms with Gasteiger partial charge in [-0.15, -0.1) is 10.2 Å². The predicted octanol–water partition coefficient (Wildman–Crippen LogP) is 7.55. The van der Waals surface area contributed by atoms with Crippen LogP contribution in [-0.2, 0) is 4.74 Å². The van der Waals surface area contributed by atoms with Crippen molar-refractivity contribution in [2.45, 2.75) is 71.1 Å². The molecule has 3 aromatic rings. The molecule has 0 radical (unpaired) electrons. The Morgan fingerprint density at radius 3 is 1.74 bits per heavy atom.